The van der Waals surface area contributed by atoms with E-state index in [1.54, 1.807) is 49.4 Å². The average Bonchev–Trinajstić information content (AvgIpc) is 3.42. The van der Waals surface area contributed by atoms with Crippen LogP contribution in [0.2, 0.25) is 0 Å². The molecule has 0 spiro atoms. The van der Waals surface area contributed by atoms with Crippen molar-refractivity contribution in [1.82, 2.24) is 15.1 Å². The summed E-state index contributed by atoms with van der Waals surface area (Å²) in [6, 6.07) is 13.2. The summed E-state index contributed by atoms with van der Waals surface area (Å²) in [7, 11) is 0. The van der Waals surface area contributed by atoms with Gasteiger partial charge in [-0.25, -0.2) is 9.07 Å². The first-order valence-corrected chi connectivity index (χ1v) is 9.05. The Labute approximate surface area is 161 Å². The monoisotopic (exact) mass is 378 g/mol. The van der Waals surface area contributed by atoms with Crippen LogP contribution < -0.4 is 10.6 Å². The highest BCUT2D eigenvalue weighted by atomic mass is 19.1. The minimum absolute atomic E-state index is 0.109. The number of nitrogens with one attached hydrogen (secondary N) is 2. The van der Waals surface area contributed by atoms with Crippen molar-refractivity contribution in [3.8, 4) is 5.69 Å². The van der Waals surface area contributed by atoms with Crippen molar-refractivity contribution in [2.45, 2.75) is 25.8 Å². The molecule has 0 aliphatic heterocycles. The Hall–Kier alpha value is -3.48. The first-order valence-electron chi connectivity index (χ1n) is 9.05. The lowest BCUT2D eigenvalue weighted by molar-refractivity contribution is 0.0950. The molecule has 6 nitrogen and oxygen atoms in total. The molecule has 1 aromatic heterocycles. The van der Waals surface area contributed by atoms with Crippen molar-refractivity contribution in [2.24, 2.45) is 0 Å². The number of amides is 2. The molecule has 0 bridgehead atoms. The molecule has 2 N–H and O–H groups in total. The smallest absolute Gasteiger partial charge is 0.259 e. The van der Waals surface area contributed by atoms with E-state index in [4.69, 9.17) is 0 Å². The van der Waals surface area contributed by atoms with Gasteiger partial charge in [-0.2, -0.15) is 5.10 Å². The zero-order valence-corrected chi connectivity index (χ0v) is 15.3. The number of aromatic nitrogens is 2. The second kappa shape index (κ2) is 7.26. The first-order chi connectivity index (χ1) is 13.5. The molecule has 2 aromatic carbocycles. The molecule has 1 aliphatic rings. The predicted octanol–water partition coefficient (Wildman–Crippen LogP) is 3.46. The molecule has 0 unspecified atom stereocenters. The maximum absolute atomic E-state index is 14.0. The van der Waals surface area contributed by atoms with Gasteiger partial charge in [0, 0.05) is 17.3 Å². The third-order valence-corrected chi connectivity index (χ3v) is 4.65. The van der Waals surface area contributed by atoms with Gasteiger partial charge in [0.25, 0.3) is 11.8 Å². The third kappa shape index (κ3) is 3.64. The van der Waals surface area contributed by atoms with Gasteiger partial charge in [-0.1, -0.05) is 12.1 Å². The third-order valence-electron chi connectivity index (χ3n) is 4.65. The first kappa shape index (κ1) is 17.9. The molecule has 1 heterocycles. The number of carbonyl (C=O) groups excluding carboxylic acids is 2. The number of carbonyl (C=O) groups is 2. The summed E-state index contributed by atoms with van der Waals surface area (Å²) in [5.74, 6) is -0.877. The fourth-order valence-corrected chi connectivity index (χ4v) is 2.90. The molecule has 1 fully saturated rings. The van der Waals surface area contributed by atoms with Crippen LogP contribution in [-0.4, -0.2) is 27.6 Å². The summed E-state index contributed by atoms with van der Waals surface area (Å²) in [5, 5.41) is 9.84. The Morgan fingerprint density at radius 2 is 1.79 bits per heavy atom. The summed E-state index contributed by atoms with van der Waals surface area (Å²) < 4.78 is 15.4. The molecular formula is C21H19FN4O2. The highest BCUT2D eigenvalue weighted by Crippen LogP contribution is 2.21. The van der Waals surface area contributed by atoms with E-state index >= 15 is 0 Å². The van der Waals surface area contributed by atoms with Gasteiger partial charge in [0.2, 0.25) is 0 Å². The van der Waals surface area contributed by atoms with Gasteiger partial charge >= 0.3 is 0 Å². The highest BCUT2D eigenvalue weighted by molar-refractivity contribution is 6.05. The molecule has 3 aromatic rings. The number of hydrogen-bond acceptors (Lipinski definition) is 3. The Bertz CT molecular complexity index is 1040. The van der Waals surface area contributed by atoms with E-state index in [-0.39, 0.29) is 17.5 Å². The number of hydrogen-bond donors (Lipinski definition) is 2. The van der Waals surface area contributed by atoms with E-state index in [1.165, 1.54) is 16.9 Å². The molecular weight excluding hydrogens is 359 g/mol. The molecule has 0 atom stereocenters. The molecule has 1 aliphatic carbocycles. The van der Waals surface area contributed by atoms with Gasteiger partial charge < -0.3 is 10.6 Å². The van der Waals surface area contributed by atoms with Gasteiger partial charge in [0.05, 0.1) is 17.5 Å². The minimum atomic E-state index is -0.416. The second-order valence-corrected chi connectivity index (χ2v) is 6.79. The lowest BCUT2D eigenvalue weighted by atomic mass is 10.2. The lowest BCUT2D eigenvalue weighted by Gasteiger charge is -2.08. The summed E-state index contributed by atoms with van der Waals surface area (Å²) >= 11 is 0. The predicted molar refractivity (Wildman–Crippen MR) is 103 cm³/mol. The number of benzene rings is 2. The van der Waals surface area contributed by atoms with E-state index in [0.29, 0.717) is 28.6 Å². The van der Waals surface area contributed by atoms with Crippen LogP contribution >= 0.6 is 0 Å². The topological polar surface area (TPSA) is 76.0 Å². The Morgan fingerprint density at radius 1 is 1.07 bits per heavy atom. The summed E-state index contributed by atoms with van der Waals surface area (Å²) in [6.45, 7) is 1.71. The molecule has 1 saturated carbocycles. The zero-order chi connectivity index (χ0) is 19.7. The Balaban J connectivity index is 1.48. The number of anilines is 1. The second-order valence-electron chi connectivity index (χ2n) is 6.79. The van der Waals surface area contributed by atoms with Crippen molar-refractivity contribution in [1.29, 1.82) is 0 Å². The maximum atomic E-state index is 14.0. The largest absolute Gasteiger partial charge is 0.349 e. The molecule has 0 saturated heterocycles. The number of para-hydroxylation sites is 1. The van der Waals surface area contributed by atoms with Gasteiger partial charge in [0.15, 0.2) is 0 Å². The van der Waals surface area contributed by atoms with Crippen LogP contribution in [0.5, 0.6) is 0 Å². The van der Waals surface area contributed by atoms with Gasteiger partial charge in [-0.3, -0.25) is 9.59 Å². The van der Waals surface area contributed by atoms with E-state index < -0.39 is 5.82 Å². The maximum Gasteiger partial charge on any atom is 0.259 e. The number of halogens is 1. The van der Waals surface area contributed by atoms with E-state index in [0.717, 1.165) is 12.8 Å². The van der Waals surface area contributed by atoms with Gasteiger partial charge in [-0.15, -0.1) is 0 Å². The molecule has 142 valence electrons. The molecule has 0 radical (unpaired) electrons. The summed E-state index contributed by atoms with van der Waals surface area (Å²) in [5.41, 5.74) is 2.27. The van der Waals surface area contributed by atoms with E-state index in [9.17, 15) is 14.0 Å². The molecule has 2 amide bonds. The summed E-state index contributed by atoms with van der Waals surface area (Å²) in [4.78, 5) is 24.6. The van der Waals surface area contributed by atoms with E-state index in [2.05, 4.69) is 15.7 Å². The standard InChI is InChI=1S/C21H19FN4O2/c1-13-17(12-23-26(13)19-5-3-2-4-18(19)22)21(28)25-15-8-6-14(7-9-15)20(27)24-16-10-11-16/h2-9,12,16H,10-11H2,1H3,(H,24,27)(H,25,28). The molecule has 4 rings (SSSR count). The van der Waals surface area contributed by atoms with Crippen LogP contribution in [-0.2, 0) is 0 Å². The Morgan fingerprint density at radius 3 is 2.46 bits per heavy atom. The van der Waals surface area contributed by atoms with Crippen LogP contribution in [0.4, 0.5) is 10.1 Å². The van der Waals surface area contributed by atoms with Gasteiger partial charge in [-0.05, 0) is 56.2 Å². The average molecular weight is 378 g/mol. The van der Waals surface area contributed by atoms with Crippen LogP contribution in [0.3, 0.4) is 0 Å². The van der Waals surface area contributed by atoms with Crippen molar-refractivity contribution in [3.63, 3.8) is 0 Å². The zero-order valence-electron chi connectivity index (χ0n) is 15.3. The van der Waals surface area contributed by atoms with Crippen LogP contribution in [0.25, 0.3) is 5.69 Å². The summed E-state index contributed by atoms with van der Waals surface area (Å²) in [6.07, 6.45) is 3.47. The fraction of sp³-hybridized carbons (Fsp3) is 0.190. The number of nitrogens with zero attached hydrogens (tertiary/aromatic N) is 2. The van der Waals surface area contributed by atoms with Crippen LogP contribution in [0.1, 0.15) is 39.3 Å². The number of rotatable bonds is 5. The fourth-order valence-electron chi connectivity index (χ4n) is 2.90. The molecule has 28 heavy (non-hydrogen) atoms. The normalized spacial score (nSPS) is 13.2. The van der Waals surface area contributed by atoms with Crippen molar-refractivity contribution < 1.29 is 14.0 Å². The van der Waals surface area contributed by atoms with Crippen molar-refractivity contribution in [3.05, 3.63) is 77.4 Å². The van der Waals surface area contributed by atoms with Crippen LogP contribution in [0.15, 0.2) is 54.7 Å². The van der Waals surface area contributed by atoms with Gasteiger partial charge in [0.1, 0.15) is 11.5 Å². The minimum Gasteiger partial charge on any atom is -0.349 e. The molecule has 7 heteroatoms. The van der Waals surface area contributed by atoms with Crippen molar-refractivity contribution >= 4 is 17.5 Å². The van der Waals surface area contributed by atoms with Crippen LogP contribution in [0, 0.1) is 12.7 Å². The van der Waals surface area contributed by atoms with Crippen molar-refractivity contribution in [2.75, 3.05) is 5.32 Å². The highest BCUT2D eigenvalue weighted by Gasteiger charge is 2.23. The lowest BCUT2D eigenvalue weighted by Crippen LogP contribution is -2.25. The SMILES string of the molecule is Cc1c(C(=O)Nc2ccc(C(=O)NC3CC3)cc2)cnn1-c1ccccc1F. The quantitative estimate of drug-likeness (QED) is 0.714. The van der Waals surface area contributed by atoms with E-state index in [1.807, 2.05) is 0 Å². The Kier molecular flexibility index (Phi) is 4.65.